The van der Waals surface area contributed by atoms with Crippen LogP contribution in [-0.4, -0.2) is 11.5 Å². The third-order valence-electron chi connectivity index (χ3n) is 3.21. The standard InChI is InChI=1S/C14H13FN2O/c15-10-3-1-4-13-14(10)9(8-16)7-11-12(18-13)5-2-6-17-11/h1-6,9H,7-8,16H2/t9-/m0/s1. The molecule has 0 aliphatic carbocycles. The second-order valence-electron chi connectivity index (χ2n) is 4.34. The Kier molecular flexibility index (Phi) is 2.72. The van der Waals surface area contributed by atoms with Crippen LogP contribution < -0.4 is 10.5 Å². The Morgan fingerprint density at radius 3 is 2.94 bits per heavy atom. The molecule has 3 nitrogen and oxygen atoms in total. The second-order valence-corrected chi connectivity index (χ2v) is 4.34. The highest BCUT2D eigenvalue weighted by atomic mass is 19.1. The van der Waals surface area contributed by atoms with E-state index >= 15 is 0 Å². The first-order valence-corrected chi connectivity index (χ1v) is 5.90. The van der Waals surface area contributed by atoms with Crippen molar-refractivity contribution in [3.05, 3.63) is 53.6 Å². The number of aromatic nitrogens is 1. The molecule has 0 fully saturated rings. The minimum atomic E-state index is -0.268. The Hall–Kier alpha value is -1.94. The molecule has 0 saturated heterocycles. The van der Waals surface area contributed by atoms with Gasteiger partial charge in [-0.05, 0) is 30.8 Å². The van der Waals surface area contributed by atoms with Gasteiger partial charge in [-0.1, -0.05) is 6.07 Å². The summed E-state index contributed by atoms with van der Waals surface area (Å²) in [6.07, 6.45) is 2.31. The van der Waals surface area contributed by atoms with Crippen LogP contribution >= 0.6 is 0 Å². The Balaban J connectivity index is 2.17. The maximum Gasteiger partial charge on any atom is 0.148 e. The zero-order valence-electron chi connectivity index (χ0n) is 9.77. The monoisotopic (exact) mass is 244 g/mol. The fourth-order valence-electron chi connectivity index (χ4n) is 2.33. The van der Waals surface area contributed by atoms with Gasteiger partial charge in [-0.25, -0.2) is 4.39 Å². The van der Waals surface area contributed by atoms with Crippen LogP contribution in [-0.2, 0) is 6.42 Å². The van der Waals surface area contributed by atoms with Crippen molar-refractivity contribution in [2.75, 3.05) is 6.54 Å². The van der Waals surface area contributed by atoms with Crippen molar-refractivity contribution in [1.29, 1.82) is 0 Å². The van der Waals surface area contributed by atoms with Crippen molar-refractivity contribution in [2.45, 2.75) is 12.3 Å². The van der Waals surface area contributed by atoms with Crippen LogP contribution in [0, 0.1) is 5.82 Å². The smallest absolute Gasteiger partial charge is 0.148 e. The van der Waals surface area contributed by atoms with Crippen LogP contribution in [0.15, 0.2) is 36.5 Å². The number of ether oxygens (including phenoxy) is 1. The first kappa shape index (κ1) is 11.2. The summed E-state index contributed by atoms with van der Waals surface area (Å²) in [5.41, 5.74) is 7.14. The molecule has 1 aliphatic rings. The summed E-state index contributed by atoms with van der Waals surface area (Å²) in [7, 11) is 0. The average Bonchev–Trinajstić information content (AvgIpc) is 2.55. The number of rotatable bonds is 1. The third kappa shape index (κ3) is 1.75. The van der Waals surface area contributed by atoms with Crippen LogP contribution in [0.2, 0.25) is 0 Å². The highest BCUT2D eigenvalue weighted by Crippen LogP contribution is 2.39. The molecule has 2 aromatic rings. The molecule has 0 radical (unpaired) electrons. The summed E-state index contributed by atoms with van der Waals surface area (Å²) >= 11 is 0. The van der Waals surface area contributed by atoms with Gasteiger partial charge in [0, 0.05) is 24.1 Å². The molecule has 1 aromatic heterocycles. The molecule has 0 unspecified atom stereocenters. The fraction of sp³-hybridized carbons (Fsp3) is 0.214. The quantitative estimate of drug-likeness (QED) is 0.838. The van der Waals surface area contributed by atoms with Crippen LogP contribution in [0.3, 0.4) is 0 Å². The third-order valence-corrected chi connectivity index (χ3v) is 3.21. The van der Waals surface area contributed by atoms with Crippen LogP contribution in [0.25, 0.3) is 0 Å². The summed E-state index contributed by atoms with van der Waals surface area (Å²) < 4.78 is 19.7. The summed E-state index contributed by atoms with van der Waals surface area (Å²) in [5.74, 6) is 0.852. The Morgan fingerprint density at radius 2 is 2.11 bits per heavy atom. The average molecular weight is 244 g/mol. The minimum Gasteiger partial charge on any atom is -0.455 e. The SMILES string of the molecule is NC[C@@H]1Cc2ncccc2Oc2cccc(F)c21. The summed E-state index contributed by atoms with van der Waals surface area (Å²) in [4.78, 5) is 4.29. The van der Waals surface area contributed by atoms with Gasteiger partial charge in [-0.3, -0.25) is 4.98 Å². The molecular weight excluding hydrogens is 231 g/mol. The van der Waals surface area contributed by atoms with E-state index < -0.39 is 0 Å². The van der Waals surface area contributed by atoms with Crippen molar-refractivity contribution in [2.24, 2.45) is 5.73 Å². The Labute approximate surface area is 104 Å². The molecule has 0 amide bonds. The first-order chi connectivity index (χ1) is 8.79. The van der Waals surface area contributed by atoms with E-state index in [1.54, 1.807) is 24.4 Å². The zero-order chi connectivity index (χ0) is 12.5. The van der Waals surface area contributed by atoms with Crippen molar-refractivity contribution in [3.63, 3.8) is 0 Å². The van der Waals surface area contributed by atoms with E-state index in [0.717, 1.165) is 5.69 Å². The topological polar surface area (TPSA) is 48.1 Å². The number of nitrogens with two attached hydrogens (primary N) is 1. The number of benzene rings is 1. The van der Waals surface area contributed by atoms with Gasteiger partial charge < -0.3 is 10.5 Å². The molecular formula is C14H13FN2O. The van der Waals surface area contributed by atoms with E-state index in [0.29, 0.717) is 30.0 Å². The van der Waals surface area contributed by atoms with Gasteiger partial charge >= 0.3 is 0 Å². The lowest BCUT2D eigenvalue weighted by molar-refractivity contribution is 0.467. The first-order valence-electron chi connectivity index (χ1n) is 5.90. The van der Waals surface area contributed by atoms with E-state index in [4.69, 9.17) is 10.5 Å². The van der Waals surface area contributed by atoms with Gasteiger partial charge in [0.05, 0.1) is 5.69 Å². The molecule has 0 saturated carbocycles. The highest BCUT2D eigenvalue weighted by molar-refractivity contribution is 5.45. The van der Waals surface area contributed by atoms with Gasteiger partial charge in [0.1, 0.15) is 17.3 Å². The fourth-order valence-corrected chi connectivity index (χ4v) is 2.33. The van der Waals surface area contributed by atoms with Crippen molar-refractivity contribution < 1.29 is 9.13 Å². The van der Waals surface area contributed by atoms with Crippen molar-refractivity contribution in [1.82, 2.24) is 4.98 Å². The highest BCUT2D eigenvalue weighted by Gasteiger charge is 2.25. The lowest BCUT2D eigenvalue weighted by Crippen LogP contribution is -2.16. The van der Waals surface area contributed by atoms with Gasteiger partial charge in [0.15, 0.2) is 0 Å². The maximum absolute atomic E-state index is 14.0. The number of fused-ring (bicyclic) bond motifs is 2. The largest absolute Gasteiger partial charge is 0.455 e. The van der Waals surface area contributed by atoms with Gasteiger partial charge in [0.25, 0.3) is 0 Å². The van der Waals surface area contributed by atoms with Crippen molar-refractivity contribution in [3.8, 4) is 11.5 Å². The molecule has 0 spiro atoms. The Bertz CT molecular complexity index is 586. The van der Waals surface area contributed by atoms with Gasteiger partial charge in [-0.15, -0.1) is 0 Å². The van der Waals surface area contributed by atoms with E-state index in [1.165, 1.54) is 6.07 Å². The van der Waals surface area contributed by atoms with Crippen LogP contribution in [0.1, 0.15) is 17.2 Å². The van der Waals surface area contributed by atoms with E-state index in [-0.39, 0.29) is 11.7 Å². The van der Waals surface area contributed by atoms with E-state index in [1.807, 2.05) is 6.07 Å². The number of pyridine rings is 1. The lowest BCUT2D eigenvalue weighted by Gasteiger charge is -2.14. The number of hydrogen-bond donors (Lipinski definition) is 1. The molecule has 1 aromatic carbocycles. The summed E-state index contributed by atoms with van der Waals surface area (Å²) in [6, 6.07) is 8.50. The maximum atomic E-state index is 14.0. The molecule has 1 atom stereocenters. The number of halogens is 1. The number of nitrogens with zero attached hydrogens (tertiary/aromatic N) is 1. The molecule has 2 N–H and O–H groups in total. The molecule has 18 heavy (non-hydrogen) atoms. The molecule has 92 valence electrons. The normalized spacial score (nSPS) is 17.3. The molecule has 0 bridgehead atoms. The molecule has 4 heteroatoms. The second kappa shape index (κ2) is 4.38. The minimum absolute atomic E-state index is 0.0997. The zero-order valence-corrected chi connectivity index (χ0v) is 9.77. The predicted molar refractivity (Wildman–Crippen MR) is 66.2 cm³/mol. The van der Waals surface area contributed by atoms with E-state index in [2.05, 4.69) is 4.98 Å². The predicted octanol–water partition coefficient (Wildman–Crippen LogP) is 2.61. The van der Waals surface area contributed by atoms with Gasteiger partial charge in [-0.2, -0.15) is 0 Å². The van der Waals surface area contributed by atoms with Crippen molar-refractivity contribution >= 4 is 0 Å². The summed E-state index contributed by atoms with van der Waals surface area (Å²) in [6.45, 7) is 0.368. The lowest BCUT2D eigenvalue weighted by atomic mass is 9.93. The number of hydrogen-bond acceptors (Lipinski definition) is 3. The van der Waals surface area contributed by atoms with Crippen LogP contribution in [0.5, 0.6) is 11.5 Å². The molecule has 3 rings (SSSR count). The molecule has 2 heterocycles. The molecule has 1 aliphatic heterocycles. The van der Waals surface area contributed by atoms with E-state index in [9.17, 15) is 4.39 Å². The van der Waals surface area contributed by atoms with Crippen LogP contribution in [0.4, 0.5) is 4.39 Å². The Morgan fingerprint density at radius 1 is 1.28 bits per heavy atom. The van der Waals surface area contributed by atoms with Gasteiger partial charge in [0.2, 0.25) is 0 Å². The summed E-state index contributed by atoms with van der Waals surface area (Å²) in [5, 5.41) is 0.